The molecule has 242 valence electrons. The second-order valence-corrected chi connectivity index (χ2v) is 11.2. The molecule has 1 amide bonds. The number of allylic oxidation sites excluding steroid dienone is 1. The average molecular weight is 639 g/mol. The smallest absolute Gasteiger partial charge is 0.337 e. The Morgan fingerprint density at radius 3 is 2.28 bits per heavy atom. The third kappa shape index (κ3) is 7.93. The van der Waals surface area contributed by atoms with Crippen molar-refractivity contribution in [1.29, 1.82) is 0 Å². The van der Waals surface area contributed by atoms with Gasteiger partial charge in [0.05, 0.1) is 31.6 Å². The zero-order valence-electron chi connectivity index (χ0n) is 25.9. The highest BCUT2D eigenvalue weighted by molar-refractivity contribution is 5.89. The number of rotatable bonds is 14. The van der Waals surface area contributed by atoms with Crippen molar-refractivity contribution in [3.8, 4) is 0 Å². The fourth-order valence-corrected chi connectivity index (χ4v) is 5.62. The Morgan fingerprint density at radius 2 is 1.62 bits per heavy atom. The number of nitrogens with zero attached hydrogens (tertiary/aromatic N) is 2. The highest BCUT2D eigenvalue weighted by Gasteiger charge is 2.33. The number of hydrogen-bond donors (Lipinski definition) is 2. The van der Waals surface area contributed by atoms with Gasteiger partial charge in [0.25, 0.3) is 0 Å². The van der Waals surface area contributed by atoms with Gasteiger partial charge in [0.1, 0.15) is 16.9 Å². The molecule has 47 heavy (non-hydrogen) atoms. The van der Waals surface area contributed by atoms with Gasteiger partial charge in [-0.1, -0.05) is 48.5 Å². The lowest BCUT2D eigenvalue weighted by molar-refractivity contribution is -0.151. The summed E-state index contributed by atoms with van der Waals surface area (Å²) in [5, 5.41) is 19.9. The van der Waals surface area contributed by atoms with Gasteiger partial charge in [-0.05, 0) is 61.4 Å². The van der Waals surface area contributed by atoms with Gasteiger partial charge in [0.2, 0.25) is 11.8 Å². The maximum absolute atomic E-state index is 13.9. The summed E-state index contributed by atoms with van der Waals surface area (Å²) in [7, 11) is 1.30. The summed E-state index contributed by atoms with van der Waals surface area (Å²) in [6.07, 6.45) is 2.83. The predicted molar refractivity (Wildman–Crippen MR) is 172 cm³/mol. The minimum Gasteiger partial charge on any atom is -0.481 e. The molecule has 2 aromatic heterocycles. The van der Waals surface area contributed by atoms with Crippen molar-refractivity contribution in [3.05, 3.63) is 108 Å². The first-order chi connectivity index (χ1) is 22.6. The first-order valence-corrected chi connectivity index (χ1v) is 15.0. The SMILES string of the molecule is COC(=O)c1ccc(C(C/C=C/c2nc3ccccc3o2)C(C)N(Cc2cc3ccccc3o2)C(=O)C[C@H](CC(=O)O)C(=O)O)cc1. The van der Waals surface area contributed by atoms with Gasteiger partial charge in [-0.25, -0.2) is 9.78 Å². The van der Waals surface area contributed by atoms with Crippen LogP contribution in [0.5, 0.6) is 0 Å². The topological polar surface area (TPSA) is 160 Å². The lowest BCUT2D eigenvalue weighted by Crippen LogP contribution is -2.43. The van der Waals surface area contributed by atoms with E-state index in [4.69, 9.17) is 13.6 Å². The summed E-state index contributed by atoms with van der Waals surface area (Å²) >= 11 is 0. The fourth-order valence-electron chi connectivity index (χ4n) is 5.62. The van der Waals surface area contributed by atoms with Crippen LogP contribution in [0.2, 0.25) is 0 Å². The summed E-state index contributed by atoms with van der Waals surface area (Å²) in [5.74, 6) is -4.59. The van der Waals surface area contributed by atoms with Crippen LogP contribution >= 0.6 is 0 Å². The number of para-hydroxylation sites is 3. The van der Waals surface area contributed by atoms with Crippen molar-refractivity contribution >= 4 is 52.0 Å². The number of carboxylic acid groups (broad SMARTS) is 2. The summed E-state index contributed by atoms with van der Waals surface area (Å²) in [5.41, 5.74) is 3.15. The zero-order valence-corrected chi connectivity index (χ0v) is 25.9. The van der Waals surface area contributed by atoms with Crippen LogP contribution in [0.4, 0.5) is 0 Å². The summed E-state index contributed by atoms with van der Waals surface area (Å²) < 4.78 is 16.7. The number of aliphatic carboxylic acids is 2. The number of oxazole rings is 1. The molecule has 11 heteroatoms. The number of fused-ring (bicyclic) bond motifs is 2. The monoisotopic (exact) mass is 638 g/mol. The van der Waals surface area contributed by atoms with Gasteiger partial charge < -0.3 is 28.7 Å². The van der Waals surface area contributed by atoms with Gasteiger partial charge >= 0.3 is 17.9 Å². The number of aromatic nitrogens is 1. The van der Waals surface area contributed by atoms with Crippen molar-refractivity contribution in [1.82, 2.24) is 9.88 Å². The fraction of sp³-hybridized carbons (Fsp3) is 0.250. The minimum absolute atomic E-state index is 0.0136. The van der Waals surface area contributed by atoms with E-state index in [9.17, 15) is 29.4 Å². The highest BCUT2D eigenvalue weighted by Crippen LogP contribution is 2.32. The van der Waals surface area contributed by atoms with Crippen LogP contribution in [0, 0.1) is 5.92 Å². The van der Waals surface area contributed by atoms with E-state index in [0.717, 1.165) is 10.9 Å². The molecule has 2 unspecified atom stereocenters. The zero-order chi connectivity index (χ0) is 33.5. The number of amides is 1. The second kappa shape index (κ2) is 14.6. The molecule has 0 saturated heterocycles. The molecular weight excluding hydrogens is 604 g/mol. The maximum Gasteiger partial charge on any atom is 0.337 e. The normalized spacial score (nSPS) is 13.4. The standard InChI is InChI=1S/C36H34N2O9/c1-22(38(33(39)19-26(35(42)43)20-34(40)41)21-27-18-25-8-3-5-11-30(25)46-27)28(23-14-16-24(17-15-23)36(44)45-2)9-7-13-32-37-29-10-4-6-12-31(29)47-32/h3-8,10-18,22,26,28H,9,19-21H2,1-2H3,(H,40,41)(H,42,43)/b13-7+/t22?,26-,28?/m1/s1. The van der Waals surface area contributed by atoms with Crippen molar-refractivity contribution in [2.24, 2.45) is 5.92 Å². The van der Waals surface area contributed by atoms with E-state index in [-0.39, 0.29) is 12.5 Å². The quantitative estimate of drug-likeness (QED) is 0.128. The molecule has 0 radical (unpaired) electrons. The van der Waals surface area contributed by atoms with Crippen molar-refractivity contribution in [2.75, 3.05) is 7.11 Å². The molecule has 3 atom stereocenters. The Hall–Kier alpha value is -5.71. The molecule has 5 rings (SSSR count). The number of furan rings is 1. The maximum atomic E-state index is 13.9. The lowest BCUT2D eigenvalue weighted by atomic mass is 9.87. The predicted octanol–water partition coefficient (Wildman–Crippen LogP) is 6.53. The summed E-state index contributed by atoms with van der Waals surface area (Å²) in [4.78, 5) is 55.4. The largest absolute Gasteiger partial charge is 0.481 e. The number of carbonyl (C=O) groups excluding carboxylic acids is 2. The van der Waals surface area contributed by atoms with Crippen molar-refractivity contribution < 1.29 is 43.0 Å². The van der Waals surface area contributed by atoms with Gasteiger partial charge in [-0.3, -0.25) is 14.4 Å². The lowest BCUT2D eigenvalue weighted by Gasteiger charge is -2.35. The van der Waals surface area contributed by atoms with Crippen LogP contribution < -0.4 is 0 Å². The Labute approximate surface area is 270 Å². The summed E-state index contributed by atoms with van der Waals surface area (Å²) in [6.45, 7) is 1.86. The van der Waals surface area contributed by atoms with Crippen LogP contribution in [0.15, 0.2) is 93.8 Å². The Morgan fingerprint density at radius 1 is 0.915 bits per heavy atom. The van der Waals surface area contributed by atoms with Gasteiger partial charge in [-0.2, -0.15) is 0 Å². The molecule has 2 N–H and O–H groups in total. The van der Waals surface area contributed by atoms with Crippen LogP contribution in [0.1, 0.15) is 59.7 Å². The molecule has 0 spiro atoms. The van der Waals surface area contributed by atoms with Crippen molar-refractivity contribution in [3.63, 3.8) is 0 Å². The number of hydrogen-bond acceptors (Lipinski definition) is 8. The Bertz CT molecular complexity index is 1860. The third-order valence-electron chi connectivity index (χ3n) is 8.11. The average Bonchev–Trinajstić information content (AvgIpc) is 3.68. The van der Waals surface area contributed by atoms with Gasteiger partial charge in [0.15, 0.2) is 5.58 Å². The van der Waals surface area contributed by atoms with Crippen LogP contribution in [-0.2, 0) is 25.7 Å². The molecule has 2 heterocycles. The molecule has 0 aliphatic rings. The number of esters is 1. The van der Waals surface area contributed by atoms with E-state index >= 15 is 0 Å². The molecule has 0 aliphatic carbocycles. The highest BCUT2D eigenvalue weighted by atomic mass is 16.5. The Balaban J connectivity index is 1.50. The van der Waals surface area contributed by atoms with E-state index in [1.807, 2.05) is 67.6 Å². The first kappa shape index (κ1) is 32.7. The number of benzene rings is 3. The third-order valence-corrected chi connectivity index (χ3v) is 8.11. The molecule has 0 saturated carbocycles. The molecule has 0 bridgehead atoms. The molecular formula is C36H34N2O9. The molecule has 3 aromatic carbocycles. The number of ether oxygens (including phenoxy) is 1. The van der Waals surface area contributed by atoms with E-state index in [0.29, 0.717) is 40.3 Å². The van der Waals surface area contributed by atoms with E-state index < -0.39 is 48.6 Å². The van der Waals surface area contributed by atoms with E-state index in [1.165, 1.54) is 12.0 Å². The molecule has 5 aromatic rings. The first-order valence-electron chi connectivity index (χ1n) is 15.0. The summed E-state index contributed by atoms with van der Waals surface area (Å²) in [6, 6.07) is 22.9. The molecule has 0 aliphatic heterocycles. The molecule has 11 nitrogen and oxygen atoms in total. The van der Waals surface area contributed by atoms with Crippen LogP contribution in [0.3, 0.4) is 0 Å². The number of methoxy groups -OCH3 is 1. The van der Waals surface area contributed by atoms with Crippen LogP contribution in [0.25, 0.3) is 28.1 Å². The molecule has 0 fully saturated rings. The Kier molecular flexibility index (Phi) is 10.1. The number of carbonyl (C=O) groups is 4. The van der Waals surface area contributed by atoms with E-state index in [2.05, 4.69) is 4.98 Å². The number of carboxylic acids is 2. The van der Waals surface area contributed by atoms with E-state index in [1.54, 1.807) is 30.3 Å². The minimum atomic E-state index is -1.41. The van der Waals surface area contributed by atoms with Crippen LogP contribution in [-0.4, -0.2) is 57.1 Å². The van der Waals surface area contributed by atoms with Gasteiger partial charge in [0, 0.05) is 23.8 Å². The van der Waals surface area contributed by atoms with Crippen molar-refractivity contribution in [2.45, 2.75) is 44.7 Å². The second-order valence-electron chi connectivity index (χ2n) is 11.2. The van der Waals surface area contributed by atoms with Gasteiger partial charge in [-0.15, -0.1) is 0 Å².